The van der Waals surface area contributed by atoms with Crippen molar-refractivity contribution in [1.29, 1.82) is 0 Å². The number of anilines is 1. The van der Waals surface area contributed by atoms with Gasteiger partial charge in [-0.1, -0.05) is 17.7 Å². The molecule has 1 atom stereocenters. The molecule has 0 saturated carbocycles. The van der Waals surface area contributed by atoms with Gasteiger partial charge in [0.05, 0.1) is 26.2 Å². The highest BCUT2D eigenvalue weighted by Gasteiger charge is 2.23. The maximum Gasteiger partial charge on any atom is 0.159 e. The lowest BCUT2D eigenvalue weighted by molar-refractivity contribution is -0.903. The SMILES string of the molecule is CC(=O)c1ccc(OC[C@@H](O)C[NH+]2CCN(c3cc(Cl)ccc3C)CC2)cc1. The molecule has 5 nitrogen and oxygen atoms in total. The van der Waals surface area contributed by atoms with Crippen LogP contribution in [-0.2, 0) is 0 Å². The van der Waals surface area contributed by atoms with E-state index in [0.717, 1.165) is 31.2 Å². The first-order valence-corrected chi connectivity index (χ1v) is 10.1. The number of piperazine rings is 1. The lowest BCUT2D eigenvalue weighted by atomic mass is 10.1. The first-order chi connectivity index (χ1) is 13.4. The van der Waals surface area contributed by atoms with Crippen LogP contribution in [0.5, 0.6) is 5.75 Å². The van der Waals surface area contributed by atoms with E-state index in [4.69, 9.17) is 16.3 Å². The van der Waals surface area contributed by atoms with E-state index in [2.05, 4.69) is 17.9 Å². The van der Waals surface area contributed by atoms with Crippen LogP contribution in [0.25, 0.3) is 0 Å². The number of carbonyl (C=O) groups excluding carboxylic acids is 1. The fraction of sp³-hybridized carbons (Fsp3) is 0.409. The second-order valence-corrected chi connectivity index (χ2v) is 7.85. The van der Waals surface area contributed by atoms with Crippen LogP contribution in [0.15, 0.2) is 42.5 Å². The second-order valence-electron chi connectivity index (χ2n) is 7.42. The third-order valence-corrected chi connectivity index (χ3v) is 5.45. The zero-order valence-electron chi connectivity index (χ0n) is 16.5. The number of aryl methyl sites for hydroxylation is 1. The van der Waals surface area contributed by atoms with Gasteiger partial charge in [0, 0.05) is 16.3 Å². The average molecular weight is 404 g/mol. The lowest BCUT2D eigenvalue weighted by Gasteiger charge is -2.35. The molecule has 1 fully saturated rings. The number of carbonyl (C=O) groups is 1. The molecule has 28 heavy (non-hydrogen) atoms. The minimum absolute atomic E-state index is 0.0299. The van der Waals surface area contributed by atoms with Gasteiger partial charge in [-0.15, -0.1) is 0 Å². The largest absolute Gasteiger partial charge is 0.491 e. The van der Waals surface area contributed by atoms with Gasteiger partial charge in [-0.25, -0.2) is 0 Å². The fourth-order valence-corrected chi connectivity index (χ4v) is 3.73. The summed E-state index contributed by atoms with van der Waals surface area (Å²) in [6, 6.07) is 13.0. The maximum absolute atomic E-state index is 11.3. The number of ether oxygens (including phenoxy) is 1. The zero-order chi connectivity index (χ0) is 20.1. The van der Waals surface area contributed by atoms with Crippen LogP contribution >= 0.6 is 11.6 Å². The van der Waals surface area contributed by atoms with Crippen molar-refractivity contribution in [3.63, 3.8) is 0 Å². The minimum atomic E-state index is -0.526. The van der Waals surface area contributed by atoms with Gasteiger partial charge in [0.1, 0.15) is 25.0 Å². The Kier molecular flexibility index (Phi) is 6.94. The molecule has 1 heterocycles. The second kappa shape index (κ2) is 9.41. The van der Waals surface area contributed by atoms with Gasteiger partial charge in [0.25, 0.3) is 0 Å². The Morgan fingerprint density at radius 1 is 1.21 bits per heavy atom. The summed E-state index contributed by atoms with van der Waals surface area (Å²) in [4.78, 5) is 15.0. The molecule has 150 valence electrons. The van der Waals surface area contributed by atoms with E-state index in [1.807, 2.05) is 12.1 Å². The first-order valence-electron chi connectivity index (χ1n) is 9.69. The molecular weight excluding hydrogens is 376 g/mol. The van der Waals surface area contributed by atoms with E-state index in [-0.39, 0.29) is 12.4 Å². The molecule has 0 unspecified atom stereocenters. The number of nitrogens with one attached hydrogen (secondary N) is 1. The molecule has 1 aliphatic heterocycles. The quantitative estimate of drug-likeness (QED) is 0.694. The summed E-state index contributed by atoms with van der Waals surface area (Å²) < 4.78 is 5.66. The van der Waals surface area contributed by atoms with Crippen LogP contribution < -0.4 is 14.5 Å². The zero-order valence-corrected chi connectivity index (χ0v) is 17.2. The highest BCUT2D eigenvalue weighted by Crippen LogP contribution is 2.24. The van der Waals surface area contributed by atoms with E-state index in [1.165, 1.54) is 23.1 Å². The van der Waals surface area contributed by atoms with Crippen LogP contribution in [0.2, 0.25) is 5.02 Å². The van der Waals surface area contributed by atoms with Gasteiger partial charge in [0.2, 0.25) is 0 Å². The van der Waals surface area contributed by atoms with Crippen molar-refractivity contribution in [3.8, 4) is 5.75 Å². The summed E-state index contributed by atoms with van der Waals surface area (Å²) in [6.07, 6.45) is -0.526. The monoisotopic (exact) mass is 403 g/mol. The molecular formula is C22H28ClN2O3+. The van der Waals surface area contributed by atoms with Gasteiger partial charge in [-0.3, -0.25) is 4.79 Å². The Morgan fingerprint density at radius 3 is 2.54 bits per heavy atom. The third kappa shape index (κ3) is 5.47. The van der Waals surface area contributed by atoms with Crippen LogP contribution in [0.4, 0.5) is 5.69 Å². The fourth-order valence-electron chi connectivity index (χ4n) is 3.56. The number of Topliss-reactive ketones (excluding diaryl/α,β-unsaturated/α-hetero) is 1. The van der Waals surface area contributed by atoms with Crippen LogP contribution in [0, 0.1) is 6.92 Å². The van der Waals surface area contributed by atoms with Crippen LogP contribution in [-0.4, -0.2) is 56.3 Å². The molecule has 0 spiro atoms. The molecule has 2 aromatic rings. The molecule has 1 saturated heterocycles. The van der Waals surface area contributed by atoms with Crippen molar-refractivity contribution >= 4 is 23.1 Å². The van der Waals surface area contributed by atoms with Crippen molar-refractivity contribution in [2.75, 3.05) is 44.2 Å². The Bertz CT molecular complexity index is 802. The van der Waals surface area contributed by atoms with Gasteiger partial charge >= 0.3 is 0 Å². The number of benzene rings is 2. The van der Waals surface area contributed by atoms with Crippen molar-refractivity contribution in [2.45, 2.75) is 20.0 Å². The number of aliphatic hydroxyl groups is 1. The van der Waals surface area contributed by atoms with E-state index in [0.29, 0.717) is 17.9 Å². The molecule has 3 rings (SSSR count). The Balaban J connectivity index is 1.44. The molecule has 0 aromatic heterocycles. The predicted octanol–water partition coefficient (Wildman–Crippen LogP) is 2.00. The average Bonchev–Trinajstić information content (AvgIpc) is 2.69. The van der Waals surface area contributed by atoms with E-state index >= 15 is 0 Å². The van der Waals surface area contributed by atoms with Crippen molar-refractivity contribution in [1.82, 2.24) is 0 Å². The third-order valence-electron chi connectivity index (χ3n) is 5.21. The number of nitrogens with zero attached hydrogens (tertiary/aromatic N) is 1. The summed E-state index contributed by atoms with van der Waals surface area (Å²) in [5, 5.41) is 11.1. The van der Waals surface area contributed by atoms with E-state index in [1.54, 1.807) is 24.3 Å². The predicted molar refractivity (Wildman–Crippen MR) is 112 cm³/mol. The standard InChI is InChI=1S/C22H27ClN2O3/c1-16-3-6-19(23)13-22(16)25-11-9-24(10-12-25)14-20(27)15-28-21-7-4-18(5-8-21)17(2)26/h3-8,13,20,27H,9-12,14-15H2,1-2H3/p+1/t20-/m0/s1. The lowest BCUT2D eigenvalue weighted by Crippen LogP contribution is -3.16. The number of hydrogen-bond donors (Lipinski definition) is 2. The summed E-state index contributed by atoms with van der Waals surface area (Å²) in [6.45, 7) is 8.37. The Labute approximate surface area is 171 Å². The highest BCUT2D eigenvalue weighted by molar-refractivity contribution is 6.30. The number of ketones is 1. The number of halogens is 1. The van der Waals surface area contributed by atoms with Crippen molar-refractivity contribution in [2.24, 2.45) is 0 Å². The van der Waals surface area contributed by atoms with E-state index in [9.17, 15) is 9.90 Å². The molecule has 2 N–H and O–H groups in total. The van der Waals surface area contributed by atoms with Gasteiger partial charge in [-0.05, 0) is 55.8 Å². The van der Waals surface area contributed by atoms with Gasteiger partial charge < -0.3 is 19.6 Å². The molecule has 0 aliphatic carbocycles. The summed E-state index contributed by atoms with van der Waals surface area (Å²) in [5.74, 6) is 0.697. The molecule has 6 heteroatoms. The topological polar surface area (TPSA) is 54.2 Å². The molecule has 0 radical (unpaired) electrons. The van der Waals surface area contributed by atoms with E-state index < -0.39 is 6.10 Å². The smallest absolute Gasteiger partial charge is 0.159 e. The normalized spacial score (nSPS) is 16.1. The van der Waals surface area contributed by atoms with Crippen LogP contribution in [0.1, 0.15) is 22.8 Å². The molecule has 2 aromatic carbocycles. The first kappa shape index (κ1) is 20.6. The van der Waals surface area contributed by atoms with Crippen molar-refractivity contribution < 1.29 is 19.5 Å². The van der Waals surface area contributed by atoms with Crippen molar-refractivity contribution in [3.05, 3.63) is 58.6 Å². The Morgan fingerprint density at radius 2 is 1.89 bits per heavy atom. The molecule has 1 aliphatic rings. The summed E-state index contributed by atoms with van der Waals surface area (Å²) in [7, 11) is 0. The number of rotatable bonds is 7. The van der Waals surface area contributed by atoms with Crippen LogP contribution in [0.3, 0.4) is 0 Å². The minimum Gasteiger partial charge on any atom is -0.491 e. The Hall–Kier alpha value is -2.08. The van der Waals surface area contributed by atoms with Gasteiger partial charge in [-0.2, -0.15) is 0 Å². The molecule has 0 bridgehead atoms. The maximum atomic E-state index is 11.3. The number of quaternary nitrogens is 1. The summed E-state index contributed by atoms with van der Waals surface area (Å²) >= 11 is 6.15. The summed E-state index contributed by atoms with van der Waals surface area (Å²) in [5.41, 5.74) is 3.09. The number of hydrogen-bond acceptors (Lipinski definition) is 4. The molecule has 0 amide bonds. The number of aliphatic hydroxyl groups excluding tert-OH is 1. The van der Waals surface area contributed by atoms with Gasteiger partial charge in [0.15, 0.2) is 5.78 Å². The highest BCUT2D eigenvalue weighted by atomic mass is 35.5.